The van der Waals surface area contributed by atoms with Crippen molar-refractivity contribution in [2.45, 2.75) is 32.6 Å². The minimum Gasteiger partial charge on any atom is -0.278 e. The van der Waals surface area contributed by atoms with Crippen molar-refractivity contribution >= 4 is 10.9 Å². The summed E-state index contributed by atoms with van der Waals surface area (Å²) < 4.78 is 0. The summed E-state index contributed by atoms with van der Waals surface area (Å²) >= 11 is 0. The van der Waals surface area contributed by atoms with Gasteiger partial charge < -0.3 is 0 Å². The molecule has 72 valence electrons. The zero-order valence-electron chi connectivity index (χ0n) is 8.43. The van der Waals surface area contributed by atoms with Crippen molar-refractivity contribution < 1.29 is 0 Å². The van der Waals surface area contributed by atoms with Crippen molar-refractivity contribution in [3.63, 3.8) is 0 Å². The molecule has 1 aromatic heterocycles. The van der Waals surface area contributed by atoms with Gasteiger partial charge in [0.2, 0.25) is 0 Å². The smallest absolute Gasteiger partial charge is 0.0656 e. The van der Waals surface area contributed by atoms with E-state index < -0.39 is 0 Å². The first-order chi connectivity index (χ1) is 6.90. The molecular formula is C12H14N2. The minimum absolute atomic E-state index is 1.12. The Labute approximate surface area is 83.3 Å². The number of nitrogens with zero attached hydrogens (tertiary/aromatic N) is 1. The molecule has 0 amide bonds. The van der Waals surface area contributed by atoms with Crippen molar-refractivity contribution in [3.05, 3.63) is 29.0 Å². The second-order valence-corrected chi connectivity index (χ2v) is 4.03. The van der Waals surface area contributed by atoms with Gasteiger partial charge in [0.15, 0.2) is 0 Å². The topological polar surface area (TPSA) is 28.7 Å². The zero-order chi connectivity index (χ0) is 9.54. The third-order valence-corrected chi connectivity index (χ3v) is 3.29. The maximum Gasteiger partial charge on any atom is 0.0656 e. The molecule has 1 aromatic carbocycles. The van der Waals surface area contributed by atoms with Crippen LogP contribution in [0, 0.1) is 0 Å². The van der Waals surface area contributed by atoms with E-state index in [2.05, 4.69) is 23.2 Å². The highest BCUT2D eigenvalue weighted by Crippen LogP contribution is 2.31. The second kappa shape index (κ2) is 2.84. The predicted molar refractivity (Wildman–Crippen MR) is 57.5 cm³/mol. The molecule has 1 aliphatic carbocycles. The van der Waals surface area contributed by atoms with Gasteiger partial charge in [-0.3, -0.25) is 5.10 Å². The lowest BCUT2D eigenvalue weighted by atomic mass is 9.98. The summed E-state index contributed by atoms with van der Waals surface area (Å²) in [4.78, 5) is 0. The number of nitrogens with one attached hydrogen (secondary N) is 1. The summed E-state index contributed by atoms with van der Waals surface area (Å²) in [5.41, 5.74) is 5.87. The fourth-order valence-electron chi connectivity index (χ4n) is 2.66. The van der Waals surface area contributed by atoms with Gasteiger partial charge in [0.1, 0.15) is 0 Å². The van der Waals surface area contributed by atoms with Crippen LogP contribution in [-0.2, 0) is 19.3 Å². The van der Waals surface area contributed by atoms with E-state index in [4.69, 9.17) is 0 Å². The SMILES string of the molecule is CCc1c2c(cc3[nH]ncc13)CCC2. The highest BCUT2D eigenvalue weighted by molar-refractivity contribution is 5.84. The zero-order valence-corrected chi connectivity index (χ0v) is 8.43. The molecule has 0 saturated heterocycles. The first-order valence-electron chi connectivity index (χ1n) is 5.37. The lowest BCUT2D eigenvalue weighted by Crippen LogP contribution is -1.92. The van der Waals surface area contributed by atoms with Crippen LogP contribution in [0.4, 0.5) is 0 Å². The van der Waals surface area contributed by atoms with Gasteiger partial charge in [-0.1, -0.05) is 6.92 Å². The molecule has 2 nitrogen and oxygen atoms in total. The number of aryl methyl sites for hydroxylation is 2. The van der Waals surface area contributed by atoms with Crippen molar-refractivity contribution in [2.75, 3.05) is 0 Å². The molecule has 0 saturated carbocycles. The maximum atomic E-state index is 4.13. The molecule has 0 atom stereocenters. The summed E-state index contributed by atoms with van der Waals surface area (Å²) in [6.07, 6.45) is 6.92. The first kappa shape index (κ1) is 8.04. The van der Waals surface area contributed by atoms with Crippen LogP contribution in [0.2, 0.25) is 0 Å². The molecular weight excluding hydrogens is 172 g/mol. The molecule has 1 N–H and O–H groups in total. The van der Waals surface area contributed by atoms with Crippen LogP contribution in [0.1, 0.15) is 30.0 Å². The van der Waals surface area contributed by atoms with Crippen LogP contribution in [0.25, 0.3) is 10.9 Å². The quantitative estimate of drug-likeness (QED) is 0.728. The Balaban J connectivity index is 2.40. The summed E-state index contributed by atoms with van der Waals surface area (Å²) in [6.45, 7) is 2.24. The van der Waals surface area contributed by atoms with Crippen LogP contribution in [-0.4, -0.2) is 10.2 Å². The molecule has 0 bridgehead atoms. The van der Waals surface area contributed by atoms with Crippen molar-refractivity contribution in [2.24, 2.45) is 0 Å². The summed E-state index contributed by atoms with van der Waals surface area (Å²) in [6, 6.07) is 2.28. The average Bonchev–Trinajstić information content (AvgIpc) is 2.80. The number of H-pyrrole nitrogens is 1. The van der Waals surface area contributed by atoms with Crippen LogP contribution >= 0.6 is 0 Å². The van der Waals surface area contributed by atoms with Crippen molar-refractivity contribution in [1.29, 1.82) is 0 Å². The number of aromatic amines is 1. The summed E-state index contributed by atoms with van der Waals surface area (Å²) in [7, 11) is 0. The largest absolute Gasteiger partial charge is 0.278 e. The Morgan fingerprint density at radius 3 is 3.21 bits per heavy atom. The molecule has 1 aliphatic rings. The Morgan fingerprint density at radius 1 is 1.43 bits per heavy atom. The molecule has 0 spiro atoms. The molecule has 14 heavy (non-hydrogen) atoms. The summed E-state index contributed by atoms with van der Waals surface area (Å²) in [5, 5.41) is 8.53. The highest BCUT2D eigenvalue weighted by Gasteiger charge is 2.17. The van der Waals surface area contributed by atoms with E-state index >= 15 is 0 Å². The van der Waals surface area contributed by atoms with E-state index in [0.717, 1.165) is 6.42 Å². The Morgan fingerprint density at radius 2 is 2.36 bits per heavy atom. The predicted octanol–water partition coefficient (Wildman–Crippen LogP) is 2.61. The van der Waals surface area contributed by atoms with Crippen LogP contribution in [0.5, 0.6) is 0 Å². The second-order valence-electron chi connectivity index (χ2n) is 4.03. The van der Waals surface area contributed by atoms with Crippen molar-refractivity contribution in [3.8, 4) is 0 Å². The Kier molecular flexibility index (Phi) is 1.63. The van der Waals surface area contributed by atoms with Gasteiger partial charge >= 0.3 is 0 Å². The van der Waals surface area contributed by atoms with E-state index in [1.165, 1.54) is 35.7 Å². The van der Waals surface area contributed by atoms with Gasteiger partial charge in [-0.05, 0) is 48.4 Å². The standard InChI is InChI=1S/C12H14N2/c1-2-9-10-5-3-4-8(10)6-12-11(9)7-13-14-12/h6-7H,2-5H2,1H3,(H,13,14). The van der Waals surface area contributed by atoms with Crippen LogP contribution < -0.4 is 0 Å². The molecule has 0 unspecified atom stereocenters. The fraction of sp³-hybridized carbons (Fsp3) is 0.417. The monoisotopic (exact) mass is 186 g/mol. The van der Waals surface area contributed by atoms with Crippen molar-refractivity contribution in [1.82, 2.24) is 10.2 Å². The van der Waals surface area contributed by atoms with E-state index in [0.29, 0.717) is 0 Å². The molecule has 2 aromatic rings. The third kappa shape index (κ3) is 0.939. The van der Waals surface area contributed by atoms with E-state index in [-0.39, 0.29) is 0 Å². The van der Waals surface area contributed by atoms with E-state index in [1.54, 1.807) is 11.1 Å². The van der Waals surface area contributed by atoms with Gasteiger partial charge in [0, 0.05) is 5.39 Å². The maximum absolute atomic E-state index is 4.13. The number of aromatic nitrogens is 2. The number of hydrogen-bond acceptors (Lipinski definition) is 1. The fourth-order valence-corrected chi connectivity index (χ4v) is 2.66. The number of fused-ring (bicyclic) bond motifs is 2. The van der Waals surface area contributed by atoms with E-state index in [1.807, 2.05) is 6.20 Å². The lowest BCUT2D eigenvalue weighted by Gasteiger charge is -2.07. The number of benzene rings is 1. The normalized spacial score (nSPS) is 14.9. The van der Waals surface area contributed by atoms with Crippen LogP contribution in [0.15, 0.2) is 12.3 Å². The molecule has 0 fully saturated rings. The van der Waals surface area contributed by atoms with Gasteiger partial charge in [0.05, 0.1) is 11.7 Å². The first-order valence-corrected chi connectivity index (χ1v) is 5.37. The lowest BCUT2D eigenvalue weighted by molar-refractivity contribution is 0.906. The van der Waals surface area contributed by atoms with Gasteiger partial charge in [-0.15, -0.1) is 0 Å². The van der Waals surface area contributed by atoms with Gasteiger partial charge in [-0.2, -0.15) is 5.10 Å². The highest BCUT2D eigenvalue weighted by atomic mass is 15.1. The number of rotatable bonds is 1. The molecule has 2 heteroatoms. The van der Waals surface area contributed by atoms with Crippen LogP contribution in [0.3, 0.4) is 0 Å². The summed E-state index contributed by atoms with van der Waals surface area (Å²) in [5.74, 6) is 0. The Bertz CT molecular complexity index is 482. The van der Waals surface area contributed by atoms with Gasteiger partial charge in [0.25, 0.3) is 0 Å². The Hall–Kier alpha value is -1.31. The van der Waals surface area contributed by atoms with E-state index in [9.17, 15) is 0 Å². The third-order valence-electron chi connectivity index (χ3n) is 3.29. The molecule has 1 heterocycles. The molecule has 3 rings (SSSR count). The average molecular weight is 186 g/mol. The minimum atomic E-state index is 1.12. The van der Waals surface area contributed by atoms with Gasteiger partial charge in [-0.25, -0.2) is 0 Å². The number of hydrogen-bond donors (Lipinski definition) is 1. The molecule has 0 aliphatic heterocycles. The molecule has 0 radical (unpaired) electrons.